The van der Waals surface area contributed by atoms with E-state index in [-0.39, 0.29) is 0 Å². The van der Waals surface area contributed by atoms with Crippen LogP contribution in [0.3, 0.4) is 0 Å². The first kappa shape index (κ1) is 14.8. The number of nitrogens with one attached hydrogen (secondary N) is 1. The summed E-state index contributed by atoms with van der Waals surface area (Å²) in [5.74, 6) is 1.04. The van der Waals surface area contributed by atoms with Crippen molar-refractivity contribution in [2.24, 2.45) is 5.92 Å². The van der Waals surface area contributed by atoms with Gasteiger partial charge in [-0.25, -0.2) is 0 Å². The van der Waals surface area contributed by atoms with E-state index in [0.717, 1.165) is 19.1 Å². The van der Waals surface area contributed by atoms with Crippen LogP contribution in [0.1, 0.15) is 32.6 Å². The van der Waals surface area contributed by atoms with Crippen molar-refractivity contribution >= 4 is 0 Å². The fourth-order valence-electron chi connectivity index (χ4n) is 3.44. The minimum atomic E-state index is 0.449. The van der Waals surface area contributed by atoms with Gasteiger partial charge in [0.15, 0.2) is 0 Å². The summed E-state index contributed by atoms with van der Waals surface area (Å²) < 4.78 is 5.73. The van der Waals surface area contributed by atoms with Gasteiger partial charge in [-0.05, 0) is 38.5 Å². The van der Waals surface area contributed by atoms with Crippen LogP contribution < -0.4 is 5.32 Å². The molecule has 2 saturated heterocycles. The SMILES string of the molecule is CC(NCCN1CCN(CC2CC2)CC1)C1CCCO1. The van der Waals surface area contributed by atoms with Gasteiger partial charge in [0.25, 0.3) is 0 Å². The van der Waals surface area contributed by atoms with Crippen LogP contribution in [-0.2, 0) is 4.74 Å². The average molecular weight is 281 g/mol. The van der Waals surface area contributed by atoms with Crippen molar-refractivity contribution in [2.75, 3.05) is 52.4 Å². The monoisotopic (exact) mass is 281 g/mol. The van der Waals surface area contributed by atoms with Gasteiger partial charge in [0.1, 0.15) is 0 Å². The molecule has 0 radical (unpaired) electrons. The predicted octanol–water partition coefficient (Wildman–Crippen LogP) is 1.17. The Labute approximate surface area is 123 Å². The van der Waals surface area contributed by atoms with Crippen molar-refractivity contribution in [1.29, 1.82) is 0 Å². The second-order valence-electron chi connectivity index (χ2n) is 6.88. The van der Waals surface area contributed by atoms with Gasteiger partial charge in [-0.15, -0.1) is 0 Å². The van der Waals surface area contributed by atoms with Gasteiger partial charge >= 0.3 is 0 Å². The highest BCUT2D eigenvalue weighted by Gasteiger charge is 2.26. The molecule has 4 heteroatoms. The zero-order valence-electron chi connectivity index (χ0n) is 13.0. The second-order valence-corrected chi connectivity index (χ2v) is 6.88. The highest BCUT2D eigenvalue weighted by molar-refractivity contribution is 4.81. The van der Waals surface area contributed by atoms with Gasteiger partial charge < -0.3 is 15.0 Å². The van der Waals surface area contributed by atoms with Crippen LogP contribution in [0.5, 0.6) is 0 Å². The Hall–Kier alpha value is -0.160. The minimum absolute atomic E-state index is 0.449. The summed E-state index contributed by atoms with van der Waals surface area (Å²) in [4.78, 5) is 5.27. The molecule has 2 atom stereocenters. The van der Waals surface area contributed by atoms with E-state index in [4.69, 9.17) is 4.74 Å². The molecule has 20 heavy (non-hydrogen) atoms. The molecule has 0 amide bonds. The maximum absolute atomic E-state index is 5.73. The van der Waals surface area contributed by atoms with E-state index in [2.05, 4.69) is 22.0 Å². The zero-order valence-corrected chi connectivity index (χ0v) is 13.0. The smallest absolute Gasteiger partial charge is 0.0726 e. The molecule has 3 rings (SSSR count). The lowest BCUT2D eigenvalue weighted by Crippen LogP contribution is -2.49. The molecular weight excluding hydrogens is 250 g/mol. The summed E-state index contributed by atoms with van der Waals surface area (Å²) in [5.41, 5.74) is 0. The quantitative estimate of drug-likeness (QED) is 0.758. The van der Waals surface area contributed by atoms with Crippen molar-refractivity contribution in [3.8, 4) is 0 Å². The van der Waals surface area contributed by atoms with Crippen molar-refractivity contribution in [3.05, 3.63) is 0 Å². The first-order valence-corrected chi connectivity index (χ1v) is 8.61. The highest BCUT2D eigenvalue weighted by Crippen LogP contribution is 2.29. The van der Waals surface area contributed by atoms with Crippen molar-refractivity contribution in [2.45, 2.75) is 44.8 Å². The maximum atomic E-state index is 5.73. The molecule has 4 nitrogen and oxygen atoms in total. The summed E-state index contributed by atoms with van der Waals surface area (Å²) in [5, 5.41) is 3.65. The van der Waals surface area contributed by atoms with Crippen molar-refractivity contribution in [1.82, 2.24) is 15.1 Å². The fraction of sp³-hybridized carbons (Fsp3) is 1.00. The third-order valence-corrected chi connectivity index (χ3v) is 5.10. The van der Waals surface area contributed by atoms with Gasteiger partial charge in [0.05, 0.1) is 6.10 Å². The van der Waals surface area contributed by atoms with Crippen LogP contribution in [0.25, 0.3) is 0 Å². The molecule has 2 heterocycles. The molecule has 1 N–H and O–H groups in total. The van der Waals surface area contributed by atoms with Gasteiger partial charge in [0.2, 0.25) is 0 Å². The first-order valence-electron chi connectivity index (χ1n) is 8.61. The molecule has 116 valence electrons. The van der Waals surface area contributed by atoms with E-state index in [1.807, 2.05) is 0 Å². The van der Waals surface area contributed by atoms with Gasteiger partial charge in [-0.3, -0.25) is 4.90 Å². The molecule has 3 fully saturated rings. The van der Waals surface area contributed by atoms with Crippen LogP contribution in [-0.4, -0.2) is 74.4 Å². The molecule has 3 aliphatic rings. The van der Waals surface area contributed by atoms with E-state index in [0.29, 0.717) is 12.1 Å². The normalized spacial score (nSPS) is 30.8. The fourth-order valence-corrected chi connectivity index (χ4v) is 3.44. The summed E-state index contributed by atoms with van der Waals surface area (Å²) in [6, 6.07) is 0.508. The molecule has 0 aromatic heterocycles. The number of ether oxygens (including phenoxy) is 1. The third-order valence-electron chi connectivity index (χ3n) is 5.10. The van der Waals surface area contributed by atoms with Crippen molar-refractivity contribution < 1.29 is 4.74 Å². The molecule has 1 saturated carbocycles. The Morgan fingerprint density at radius 1 is 1.10 bits per heavy atom. The van der Waals surface area contributed by atoms with Crippen LogP contribution in [0.2, 0.25) is 0 Å². The zero-order chi connectivity index (χ0) is 13.8. The summed E-state index contributed by atoms with van der Waals surface area (Å²) in [7, 11) is 0. The Kier molecular flexibility index (Phi) is 5.32. The second kappa shape index (κ2) is 7.21. The molecule has 2 unspecified atom stereocenters. The van der Waals surface area contributed by atoms with Gasteiger partial charge in [0, 0.05) is 58.5 Å². The molecule has 2 aliphatic heterocycles. The number of hydrogen-bond donors (Lipinski definition) is 1. The third kappa shape index (κ3) is 4.42. The number of hydrogen-bond acceptors (Lipinski definition) is 4. The van der Waals surface area contributed by atoms with Crippen LogP contribution >= 0.6 is 0 Å². The van der Waals surface area contributed by atoms with Crippen LogP contribution in [0.4, 0.5) is 0 Å². The Morgan fingerprint density at radius 2 is 1.85 bits per heavy atom. The molecule has 0 aromatic carbocycles. The molecular formula is C16H31N3O. The van der Waals surface area contributed by atoms with Gasteiger partial charge in [-0.1, -0.05) is 0 Å². The lowest BCUT2D eigenvalue weighted by Gasteiger charge is -2.35. The lowest BCUT2D eigenvalue weighted by molar-refractivity contribution is 0.0805. The topological polar surface area (TPSA) is 27.7 Å². The van der Waals surface area contributed by atoms with Crippen molar-refractivity contribution in [3.63, 3.8) is 0 Å². The number of rotatable bonds is 7. The maximum Gasteiger partial charge on any atom is 0.0726 e. The number of piperazine rings is 1. The van der Waals surface area contributed by atoms with E-state index >= 15 is 0 Å². The molecule has 0 aromatic rings. The number of nitrogens with zero attached hydrogens (tertiary/aromatic N) is 2. The predicted molar refractivity (Wildman–Crippen MR) is 82.0 cm³/mol. The Bertz CT molecular complexity index is 281. The van der Waals surface area contributed by atoms with E-state index in [1.165, 1.54) is 65.0 Å². The summed E-state index contributed by atoms with van der Waals surface area (Å²) in [6.45, 7) is 11.9. The van der Waals surface area contributed by atoms with E-state index in [1.54, 1.807) is 0 Å². The molecule has 0 bridgehead atoms. The summed E-state index contributed by atoms with van der Waals surface area (Å²) >= 11 is 0. The lowest BCUT2D eigenvalue weighted by atomic mass is 10.1. The Morgan fingerprint density at radius 3 is 2.50 bits per heavy atom. The van der Waals surface area contributed by atoms with Gasteiger partial charge in [-0.2, -0.15) is 0 Å². The highest BCUT2D eigenvalue weighted by atomic mass is 16.5. The standard InChI is InChI=1S/C16H31N3O/c1-14(16-3-2-12-20-16)17-6-7-18-8-10-19(11-9-18)13-15-4-5-15/h14-17H,2-13H2,1H3. The minimum Gasteiger partial charge on any atom is -0.377 e. The first-order chi connectivity index (χ1) is 9.81. The molecule has 1 aliphatic carbocycles. The van der Waals surface area contributed by atoms with Crippen LogP contribution in [0.15, 0.2) is 0 Å². The average Bonchev–Trinajstić information content (AvgIpc) is 3.10. The van der Waals surface area contributed by atoms with E-state index < -0.39 is 0 Å². The largest absolute Gasteiger partial charge is 0.377 e. The van der Waals surface area contributed by atoms with Crippen LogP contribution in [0, 0.1) is 5.92 Å². The molecule has 0 spiro atoms. The Balaban J connectivity index is 1.25. The van der Waals surface area contributed by atoms with E-state index in [9.17, 15) is 0 Å². The summed E-state index contributed by atoms with van der Waals surface area (Å²) in [6.07, 6.45) is 5.87.